The number of thiazole rings is 1. The van der Waals surface area contributed by atoms with Gasteiger partial charge in [0.15, 0.2) is 0 Å². The van der Waals surface area contributed by atoms with Crippen LogP contribution in [0.4, 0.5) is 0 Å². The van der Waals surface area contributed by atoms with E-state index in [1.54, 1.807) is 11.3 Å². The monoisotopic (exact) mass is 319 g/mol. The van der Waals surface area contributed by atoms with Crippen molar-refractivity contribution in [2.75, 3.05) is 0 Å². The second-order valence-electron chi connectivity index (χ2n) is 4.98. The number of nitrogens with zero attached hydrogens (tertiary/aromatic N) is 3. The number of benzene rings is 1. The van der Waals surface area contributed by atoms with Gasteiger partial charge in [-0.2, -0.15) is 0 Å². The van der Waals surface area contributed by atoms with Crippen LogP contribution in [0.5, 0.6) is 0 Å². The van der Waals surface area contributed by atoms with Gasteiger partial charge in [0.2, 0.25) is 0 Å². The fraction of sp³-hybridized carbons (Fsp3) is 0.375. The van der Waals surface area contributed by atoms with Crippen LogP contribution in [0.2, 0.25) is 0 Å². The zero-order valence-electron chi connectivity index (χ0n) is 12.2. The zero-order valence-corrected chi connectivity index (χ0v) is 13.8. The lowest BCUT2D eigenvalue weighted by Gasteiger charge is -2.18. The van der Waals surface area contributed by atoms with Crippen LogP contribution in [0, 0.1) is 0 Å². The van der Waals surface area contributed by atoms with Crippen molar-refractivity contribution >= 4 is 34.0 Å². The quantitative estimate of drug-likeness (QED) is 0.633. The largest absolute Gasteiger partial charge is 0.318 e. The van der Waals surface area contributed by atoms with E-state index in [0.717, 1.165) is 34.9 Å². The van der Waals surface area contributed by atoms with Gasteiger partial charge < -0.3 is 4.57 Å². The molecule has 0 aliphatic heterocycles. The maximum atomic E-state index is 5.89. The second-order valence-corrected chi connectivity index (χ2v) is 6.13. The molecule has 3 aromatic rings. The van der Waals surface area contributed by atoms with E-state index in [0.29, 0.717) is 5.88 Å². The summed E-state index contributed by atoms with van der Waals surface area (Å²) >= 11 is 7.58. The highest BCUT2D eigenvalue weighted by atomic mass is 35.5. The first-order valence-corrected chi connectivity index (χ1v) is 8.66. The molecule has 0 N–H and O–H groups in total. The second kappa shape index (κ2) is 6.16. The summed E-state index contributed by atoms with van der Waals surface area (Å²) in [5.41, 5.74) is 3.20. The molecule has 0 saturated carbocycles. The van der Waals surface area contributed by atoms with Crippen molar-refractivity contribution in [1.82, 2.24) is 14.5 Å². The van der Waals surface area contributed by atoms with Crippen molar-refractivity contribution in [3.8, 4) is 0 Å². The van der Waals surface area contributed by atoms with Gasteiger partial charge in [-0.1, -0.05) is 26.0 Å². The predicted octanol–water partition coefficient (Wildman–Crippen LogP) is 4.79. The molecule has 1 unspecified atom stereocenters. The molecule has 0 aliphatic carbocycles. The lowest BCUT2D eigenvalue weighted by molar-refractivity contribution is 0.554. The first-order valence-electron chi connectivity index (χ1n) is 7.24. The summed E-state index contributed by atoms with van der Waals surface area (Å²) in [7, 11) is 0. The Kier molecular flexibility index (Phi) is 4.27. The number of rotatable bonds is 5. The highest BCUT2D eigenvalue weighted by molar-refractivity contribution is 7.09. The van der Waals surface area contributed by atoms with Crippen molar-refractivity contribution < 1.29 is 0 Å². The van der Waals surface area contributed by atoms with E-state index in [1.807, 2.05) is 6.07 Å². The summed E-state index contributed by atoms with van der Waals surface area (Å²) in [5, 5.41) is 3.17. The number of aryl methyl sites for hydroxylation is 1. The molecule has 0 bridgehead atoms. The number of aromatic nitrogens is 3. The lowest BCUT2D eigenvalue weighted by atomic mass is 10.2. The Labute approximate surface area is 133 Å². The fourth-order valence-corrected chi connectivity index (χ4v) is 3.92. The van der Waals surface area contributed by atoms with Crippen molar-refractivity contribution in [2.45, 2.75) is 38.6 Å². The third-order valence-electron chi connectivity index (χ3n) is 3.67. The number of fused-ring (bicyclic) bond motifs is 1. The van der Waals surface area contributed by atoms with Crippen LogP contribution in [-0.2, 0) is 12.3 Å². The average Bonchev–Trinajstić information content (AvgIpc) is 3.13. The van der Waals surface area contributed by atoms with E-state index in [9.17, 15) is 0 Å². The molecular formula is C16H18ClN3S. The van der Waals surface area contributed by atoms with Gasteiger partial charge in [-0.3, -0.25) is 0 Å². The number of imidazole rings is 1. The molecule has 5 heteroatoms. The summed E-state index contributed by atoms with van der Waals surface area (Å²) in [6.45, 7) is 4.34. The Balaban J connectivity index is 2.15. The van der Waals surface area contributed by atoms with E-state index in [4.69, 9.17) is 16.6 Å². The highest BCUT2D eigenvalue weighted by Gasteiger charge is 2.21. The molecule has 2 heterocycles. The maximum Gasteiger partial charge on any atom is 0.116 e. The molecule has 0 amide bonds. The minimum Gasteiger partial charge on any atom is -0.318 e. The Bertz CT molecular complexity index is 747. The minimum atomic E-state index is 0.231. The molecule has 110 valence electrons. The van der Waals surface area contributed by atoms with E-state index >= 15 is 0 Å². The molecule has 0 fully saturated rings. The number of hydrogen-bond acceptors (Lipinski definition) is 3. The highest BCUT2D eigenvalue weighted by Crippen LogP contribution is 2.31. The first kappa shape index (κ1) is 14.5. The van der Waals surface area contributed by atoms with Gasteiger partial charge in [0.1, 0.15) is 10.8 Å². The summed E-state index contributed by atoms with van der Waals surface area (Å²) in [5.74, 6) is 1.59. The van der Waals surface area contributed by atoms with Gasteiger partial charge in [0.25, 0.3) is 0 Å². The van der Waals surface area contributed by atoms with Gasteiger partial charge in [0, 0.05) is 11.8 Å². The number of halogens is 1. The van der Waals surface area contributed by atoms with Gasteiger partial charge in [-0.25, -0.2) is 9.97 Å². The van der Waals surface area contributed by atoms with Crippen LogP contribution >= 0.6 is 22.9 Å². The molecule has 1 aromatic carbocycles. The van der Waals surface area contributed by atoms with Crippen LogP contribution < -0.4 is 0 Å². The number of para-hydroxylation sites is 2. The van der Waals surface area contributed by atoms with E-state index < -0.39 is 0 Å². The third kappa shape index (κ3) is 2.58. The van der Waals surface area contributed by atoms with Crippen LogP contribution in [0.15, 0.2) is 29.6 Å². The molecular weight excluding hydrogens is 302 g/mol. The molecule has 2 aromatic heterocycles. The van der Waals surface area contributed by atoms with Crippen LogP contribution in [0.1, 0.15) is 42.8 Å². The molecule has 0 saturated heterocycles. The maximum absolute atomic E-state index is 5.89. The molecule has 3 rings (SSSR count). The zero-order chi connectivity index (χ0) is 14.8. The summed E-state index contributed by atoms with van der Waals surface area (Å²) in [4.78, 5) is 9.44. The standard InChI is InChI=1S/C16H18ClN3S/c1-3-13(16-18-11(9-17)10-21-16)20-14-8-6-5-7-12(14)19-15(20)4-2/h5-8,10,13H,3-4,9H2,1-2H3. The molecule has 1 atom stereocenters. The van der Waals surface area contributed by atoms with Crippen LogP contribution in [-0.4, -0.2) is 14.5 Å². The Morgan fingerprint density at radius 1 is 1.24 bits per heavy atom. The normalized spacial score (nSPS) is 12.9. The molecule has 0 aliphatic rings. The third-order valence-corrected chi connectivity index (χ3v) is 4.94. The number of alkyl halides is 1. The summed E-state index contributed by atoms with van der Waals surface area (Å²) < 4.78 is 2.34. The van der Waals surface area contributed by atoms with Gasteiger partial charge in [-0.05, 0) is 18.6 Å². The van der Waals surface area contributed by atoms with Crippen molar-refractivity contribution in [2.24, 2.45) is 0 Å². The SMILES string of the molecule is CCc1nc2ccccc2n1C(CC)c1nc(CCl)cs1. The predicted molar refractivity (Wildman–Crippen MR) is 89.2 cm³/mol. The Morgan fingerprint density at radius 3 is 2.71 bits per heavy atom. The van der Waals surface area contributed by atoms with Gasteiger partial charge in [-0.15, -0.1) is 22.9 Å². The first-order chi connectivity index (χ1) is 10.3. The molecule has 21 heavy (non-hydrogen) atoms. The van der Waals surface area contributed by atoms with Crippen molar-refractivity contribution in [3.63, 3.8) is 0 Å². The molecule has 3 nitrogen and oxygen atoms in total. The van der Waals surface area contributed by atoms with Crippen LogP contribution in [0.3, 0.4) is 0 Å². The minimum absolute atomic E-state index is 0.231. The molecule has 0 spiro atoms. The summed E-state index contributed by atoms with van der Waals surface area (Å²) in [6.07, 6.45) is 1.90. The van der Waals surface area contributed by atoms with E-state index in [1.165, 1.54) is 5.52 Å². The molecule has 0 radical (unpaired) electrons. The van der Waals surface area contributed by atoms with Crippen LogP contribution in [0.25, 0.3) is 11.0 Å². The van der Waals surface area contributed by atoms with Gasteiger partial charge in [0.05, 0.1) is 28.6 Å². The lowest BCUT2D eigenvalue weighted by Crippen LogP contribution is -2.12. The Morgan fingerprint density at radius 2 is 2.05 bits per heavy atom. The van der Waals surface area contributed by atoms with Gasteiger partial charge >= 0.3 is 0 Å². The topological polar surface area (TPSA) is 30.7 Å². The fourth-order valence-electron chi connectivity index (χ4n) is 2.70. The van der Waals surface area contributed by atoms with Crippen molar-refractivity contribution in [1.29, 1.82) is 0 Å². The average molecular weight is 320 g/mol. The van der Waals surface area contributed by atoms with E-state index in [2.05, 4.69) is 47.0 Å². The Hall–Kier alpha value is -1.39. The smallest absolute Gasteiger partial charge is 0.116 e. The number of hydrogen-bond donors (Lipinski definition) is 0. The summed E-state index contributed by atoms with van der Waals surface area (Å²) in [6, 6.07) is 8.55. The van der Waals surface area contributed by atoms with E-state index in [-0.39, 0.29) is 6.04 Å². The van der Waals surface area contributed by atoms with Crippen molar-refractivity contribution in [3.05, 3.63) is 46.2 Å².